The molecule has 4 nitrogen and oxygen atoms in total. The minimum absolute atomic E-state index is 0.179. The summed E-state index contributed by atoms with van der Waals surface area (Å²) in [6.45, 7) is 17.2. The molecule has 0 aliphatic carbocycles. The summed E-state index contributed by atoms with van der Waals surface area (Å²) in [4.78, 5) is 9.69. The Balaban J connectivity index is 0.00000100. The number of nitrogens with one attached hydrogen (secondary N) is 1. The molecule has 1 aliphatic heterocycles. The number of halogens is 1. The van der Waals surface area contributed by atoms with Crippen molar-refractivity contribution in [2.24, 2.45) is 5.73 Å². The van der Waals surface area contributed by atoms with Crippen LogP contribution in [0.2, 0.25) is 0 Å². The second-order valence-electron chi connectivity index (χ2n) is 5.97. The van der Waals surface area contributed by atoms with Crippen LogP contribution in [-0.4, -0.2) is 23.8 Å². The van der Waals surface area contributed by atoms with E-state index < -0.39 is 0 Å². The molecule has 3 N–H and O–H groups in total. The molecule has 0 saturated heterocycles. The smallest absolute Gasteiger partial charge is 0.194 e. The minimum atomic E-state index is -0.179. The van der Waals surface area contributed by atoms with Gasteiger partial charge >= 0.3 is 0 Å². The zero-order valence-electron chi connectivity index (χ0n) is 19.3. The van der Waals surface area contributed by atoms with E-state index in [2.05, 4.69) is 43.3 Å². The van der Waals surface area contributed by atoms with Crippen molar-refractivity contribution in [3.63, 3.8) is 0 Å². The van der Waals surface area contributed by atoms with E-state index >= 15 is 0 Å². The van der Waals surface area contributed by atoms with Crippen LogP contribution in [0.1, 0.15) is 77.7 Å². The molecule has 2 aromatic rings. The molecule has 0 spiro atoms. The van der Waals surface area contributed by atoms with Gasteiger partial charge in [0, 0.05) is 0 Å². The molecule has 0 unspecified atom stereocenters. The molecule has 161 valence electrons. The van der Waals surface area contributed by atoms with E-state index in [1.54, 1.807) is 5.38 Å². The Morgan fingerprint density at radius 1 is 1.14 bits per heavy atom. The van der Waals surface area contributed by atoms with Gasteiger partial charge in [-0.3, -0.25) is 0 Å². The number of fused-ring (bicyclic) bond motifs is 1. The summed E-state index contributed by atoms with van der Waals surface area (Å²) in [5.74, 6) is 1.28. The first kappa shape index (κ1) is 27.3. The molecule has 2 aromatic heterocycles. The maximum absolute atomic E-state index is 13.5. The SMILES string of the molecule is CC.CC.CC1=C(CCN)[B]c2c(NCc3sccc3F)nc(C)nc21.CCC. The highest BCUT2D eigenvalue weighted by Crippen LogP contribution is 2.25. The summed E-state index contributed by atoms with van der Waals surface area (Å²) in [7, 11) is 2.09. The monoisotopic (exact) mass is 419 g/mol. The third-order valence-corrected chi connectivity index (χ3v) is 4.63. The number of aryl methyl sites for hydroxylation is 1. The van der Waals surface area contributed by atoms with Crippen molar-refractivity contribution in [3.05, 3.63) is 39.1 Å². The topological polar surface area (TPSA) is 63.8 Å². The van der Waals surface area contributed by atoms with E-state index in [0.717, 1.165) is 29.0 Å². The number of hydrogen-bond donors (Lipinski definition) is 2. The molecule has 0 amide bonds. The highest BCUT2D eigenvalue weighted by Gasteiger charge is 2.24. The Labute approximate surface area is 181 Å². The number of nitrogens with zero attached hydrogens (tertiary/aromatic N) is 2. The molecular weight excluding hydrogens is 382 g/mol. The third-order valence-electron chi connectivity index (χ3n) is 3.73. The van der Waals surface area contributed by atoms with E-state index in [9.17, 15) is 4.39 Å². The minimum Gasteiger partial charge on any atom is -0.365 e. The molecule has 29 heavy (non-hydrogen) atoms. The quantitative estimate of drug-likeness (QED) is 0.629. The van der Waals surface area contributed by atoms with E-state index in [4.69, 9.17) is 5.73 Å². The number of nitrogens with two attached hydrogens (primary N) is 1. The second kappa shape index (κ2) is 15.2. The predicted molar refractivity (Wildman–Crippen MR) is 129 cm³/mol. The van der Waals surface area contributed by atoms with Crippen LogP contribution < -0.4 is 16.5 Å². The van der Waals surface area contributed by atoms with Crippen molar-refractivity contribution in [2.45, 2.75) is 74.8 Å². The zero-order valence-corrected chi connectivity index (χ0v) is 20.1. The highest BCUT2D eigenvalue weighted by molar-refractivity contribution is 7.09. The zero-order chi connectivity index (χ0) is 22.4. The van der Waals surface area contributed by atoms with Gasteiger partial charge in [-0.05, 0) is 49.3 Å². The Bertz CT molecular complexity index is 759. The molecule has 0 bridgehead atoms. The lowest BCUT2D eigenvalue weighted by molar-refractivity contribution is 0.621. The van der Waals surface area contributed by atoms with Crippen LogP contribution in [0.4, 0.5) is 10.2 Å². The molecular formula is C22H37BFN4S. The Morgan fingerprint density at radius 3 is 2.28 bits per heavy atom. The van der Waals surface area contributed by atoms with E-state index in [0.29, 0.717) is 23.8 Å². The van der Waals surface area contributed by atoms with Crippen molar-refractivity contribution in [1.82, 2.24) is 9.97 Å². The molecule has 0 fully saturated rings. The van der Waals surface area contributed by atoms with Crippen LogP contribution in [0.25, 0.3) is 5.57 Å². The maximum Gasteiger partial charge on any atom is 0.194 e. The maximum atomic E-state index is 13.5. The van der Waals surface area contributed by atoms with Gasteiger partial charge in [0.15, 0.2) is 7.28 Å². The van der Waals surface area contributed by atoms with Gasteiger partial charge in [0.25, 0.3) is 0 Å². The van der Waals surface area contributed by atoms with Crippen molar-refractivity contribution in [2.75, 3.05) is 11.9 Å². The van der Waals surface area contributed by atoms with Crippen molar-refractivity contribution < 1.29 is 4.39 Å². The predicted octanol–water partition coefficient (Wildman–Crippen LogP) is 5.49. The average Bonchev–Trinajstić information content (AvgIpc) is 3.28. The fourth-order valence-corrected chi connectivity index (χ4v) is 3.29. The van der Waals surface area contributed by atoms with Crippen LogP contribution in [-0.2, 0) is 6.54 Å². The first-order valence-corrected chi connectivity index (χ1v) is 11.5. The van der Waals surface area contributed by atoms with Gasteiger partial charge in [0.2, 0.25) is 0 Å². The molecule has 1 aliphatic rings. The van der Waals surface area contributed by atoms with Gasteiger partial charge < -0.3 is 11.1 Å². The van der Waals surface area contributed by atoms with Crippen LogP contribution >= 0.6 is 11.3 Å². The summed E-state index contributed by atoms with van der Waals surface area (Å²) in [6.07, 6.45) is 2.07. The van der Waals surface area contributed by atoms with Crippen molar-refractivity contribution in [3.8, 4) is 0 Å². The van der Waals surface area contributed by atoms with Gasteiger partial charge in [0.05, 0.1) is 17.1 Å². The molecule has 0 atom stereocenters. The fourth-order valence-electron chi connectivity index (χ4n) is 2.60. The Kier molecular flexibility index (Phi) is 14.3. The van der Waals surface area contributed by atoms with Gasteiger partial charge in [-0.15, -0.1) is 11.3 Å². The normalized spacial score (nSPS) is 11.1. The summed E-state index contributed by atoms with van der Waals surface area (Å²) < 4.78 is 13.5. The Hall–Kier alpha value is -1.73. The van der Waals surface area contributed by atoms with E-state index in [1.807, 2.05) is 34.6 Å². The lowest BCUT2D eigenvalue weighted by Crippen LogP contribution is -2.24. The fraction of sp³-hybridized carbons (Fsp3) is 0.545. The van der Waals surface area contributed by atoms with Gasteiger partial charge in [0.1, 0.15) is 17.5 Å². The molecule has 0 aromatic carbocycles. The molecule has 3 heterocycles. The van der Waals surface area contributed by atoms with Crippen LogP contribution in [0.3, 0.4) is 0 Å². The lowest BCUT2D eigenvalue weighted by atomic mass is 9.65. The van der Waals surface area contributed by atoms with Crippen LogP contribution in [0.5, 0.6) is 0 Å². The van der Waals surface area contributed by atoms with Crippen LogP contribution in [0.15, 0.2) is 16.9 Å². The number of thiophene rings is 1. The first-order valence-electron chi connectivity index (χ1n) is 10.6. The standard InChI is InChI=1S/C15H17BFN4S.C3H8.2C2H6/c1-8-10(3-5-18)16-13-14(8)20-9(2)21-15(13)19-7-12-11(17)4-6-22-12;1-3-2;2*1-2/h4,6H,3,5,7,18H2,1-2H3,(H,19,20,21);3H2,1-2H3;2*1-2H3. The number of rotatable bonds is 5. The number of allylic oxidation sites excluding steroid dienone is 1. The number of hydrogen-bond acceptors (Lipinski definition) is 5. The average molecular weight is 419 g/mol. The molecule has 7 heteroatoms. The summed E-state index contributed by atoms with van der Waals surface area (Å²) in [6, 6.07) is 1.48. The second-order valence-corrected chi connectivity index (χ2v) is 6.97. The van der Waals surface area contributed by atoms with Crippen molar-refractivity contribution in [1.29, 1.82) is 0 Å². The van der Waals surface area contributed by atoms with Gasteiger partial charge in [-0.25, -0.2) is 14.4 Å². The van der Waals surface area contributed by atoms with Crippen LogP contribution in [0, 0.1) is 12.7 Å². The molecule has 3 rings (SSSR count). The Morgan fingerprint density at radius 2 is 1.76 bits per heavy atom. The molecule has 1 radical (unpaired) electrons. The van der Waals surface area contributed by atoms with E-state index in [-0.39, 0.29) is 5.82 Å². The lowest BCUT2D eigenvalue weighted by Gasteiger charge is -2.11. The van der Waals surface area contributed by atoms with Gasteiger partial charge in [-0.1, -0.05) is 53.4 Å². The van der Waals surface area contributed by atoms with Crippen molar-refractivity contribution >= 4 is 35.5 Å². The van der Waals surface area contributed by atoms with Gasteiger partial charge in [-0.2, -0.15) is 0 Å². The number of aromatic nitrogens is 2. The highest BCUT2D eigenvalue weighted by atomic mass is 32.1. The third kappa shape index (κ3) is 7.90. The molecule has 0 saturated carbocycles. The van der Waals surface area contributed by atoms with E-state index in [1.165, 1.54) is 29.3 Å². The first-order chi connectivity index (χ1) is 14.0. The summed E-state index contributed by atoms with van der Waals surface area (Å²) in [5.41, 5.74) is 9.94. The summed E-state index contributed by atoms with van der Waals surface area (Å²) >= 11 is 1.40. The summed E-state index contributed by atoms with van der Waals surface area (Å²) in [5, 5.41) is 4.99. The number of anilines is 1. The largest absolute Gasteiger partial charge is 0.365 e.